The summed E-state index contributed by atoms with van der Waals surface area (Å²) >= 11 is 0. The molecule has 3 fully saturated rings. The molecule has 164 valence electrons. The van der Waals surface area contributed by atoms with Crippen LogP contribution in [0.1, 0.15) is 51.9 Å². The van der Waals surface area contributed by atoms with E-state index in [-0.39, 0.29) is 30.1 Å². The number of carbonyl (C=O) groups is 2. The van der Waals surface area contributed by atoms with E-state index >= 15 is 0 Å². The fraction of sp³-hybridized carbons (Fsp3) is 0.667. The fourth-order valence-corrected chi connectivity index (χ4v) is 5.30. The number of benzene rings is 1. The number of hydrogen-bond acceptors (Lipinski definition) is 4. The highest BCUT2D eigenvalue weighted by Crippen LogP contribution is 2.30. The molecule has 0 aliphatic carbocycles. The molecule has 0 saturated carbocycles. The number of carbonyl (C=O) groups excluding carboxylic acids is 2. The van der Waals surface area contributed by atoms with Crippen LogP contribution in [0.2, 0.25) is 0 Å². The summed E-state index contributed by atoms with van der Waals surface area (Å²) in [6.07, 6.45) is 7.67. The summed E-state index contributed by atoms with van der Waals surface area (Å²) < 4.78 is 13.2. The van der Waals surface area contributed by atoms with Gasteiger partial charge in [-0.3, -0.25) is 14.5 Å². The maximum atomic E-state index is 13.2. The summed E-state index contributed by atoms with van der Waals surface area (Å²) in [6.45, 7) is 7.74. The van der Waals surface area contributed by atoms with E-state index in [1.807, 2.05) is 0 Å². The number of nitrogens with zero attached hydrogens (tertiary/aromatic N) is 3. The van der Waals surface area contributed by atoms with Gasteiger partial charge in [0.05, 0.1) is 18.2 Å². The minimum atomic E-state index is -0.369. The SMILES string of the molecule is CCC1CCN(CCC2CCN(C3CC(=O)N(c4ccc(F)cc4)C3=O)CC2)CC1. The molecule has 0 aromatic heterocycles. The van der Waals surface area contributed by atoms with Crippen molar-refractivity contribution in [1.82, 2.24) is 9.80 Å². The van der Waals surface area contributed by atoms with Crippen LogP contribution in [0.4, 0.5) is 10.1 Å². The Labute approximate surface area is 179 Å². The zero-order chi connectivity index (χ0) is 21.1. The molecule has 1 aromatic rings. The first-order valence-corrected chi connectivity index (χ1v) is 11.6. The Balaban J connectivity index is 1.25. The van der Waals surface area contributed by atoms with Crippen molar-refractivity contribution in [2.75, 3.05) is 37.6 Å². The molecule has 3 aliphatic heterocycles. The monoisotopic (exact) mass is 415 g/mol. The van der Waals surface area contributed by atoms with Crippen LogP contribution in [-0.2, 0) is 9.59 Å². The lowest BCUT2D eigenvalue weighted by molar-refractivity contribution is -0.123. The third kappa shape index (κ3) is 4.75. The quantitative estimate of drug-likeness (QED) is 0.665. The summed E-state index contributed by atoms with van der Waals surface area (Å²) in [7, 11) is 0. The largest absolute Gasteiger partial charge is 0.303 e. The zero-order valence-electron chi connectivity index (χ0n) is 18.1. The third-order valence-corrected chi connectivity index (χ3v) is 7.44. The van der Waals surface area contributed by atoms with Crippen LogP contribution < -0.4 is 4.90 Å². The van der Waals surface area contributed by atoms with E-state index in [1.165, 1.54) is 74.5 Å². The number of piperidine rings is 2. The number of imide groups is 1. The number of anilines is 1. The molecule has 6 heteroatoms. The van der Waals surface area contributed by atoms with Crippen molar-refractivity contribution in [2.24, 2.45) is 11.8 Å². The molecule has 30 heavy (non-hydrogen) atoms. The Hall–Kier alpha value is -1.79. The number of likely N-dealkylation sites (tertiary alicyclic amines) is 2. The molecule has 0 spiro atoms. The summed E-state index contributed by atoms with van der Waals surface area (Å²) in [5.74, 6) is 0.917. The molecule has 4 rings (SSSR count). The molecule has 1 atom stereocenters. The van der Waals surface area contributed by atoms with Crippen molar-refractivity contribution in [3.8, 4) is 0 Å². The fourth-order valence-electron chi connectivity index (χ4n) is 5.30. The molecule has 3 aliphatic rings. The van der Waals surface area contributed by atoms with Gasteiger partial charge < -0.3 is 4.90 Å². The van der Waals surface area contributed by atoms with Crippen molar-refractivity contribution in [3.63, 3.8) is 0 Å². The average molecular weight is 416 g/mol. The Kier molecular flexibility index (Phi) is 6.84. The number of amides is 2. The molecule has 0 radical (unpaired) electrons. The molecular weight excluding hydrogens is 381 g/mol. The number of hydrogen-bond donors (Lipinski definition) is 0. The predicted octanol–water partition coefficient (Wildman–Crippen LogP) is 3.68. The van der Waals surface area contributed by atoms with Gasteiger partial charge in [-0.25, -0.2) is 9.29 Å². The average Bonchev–Trinajstić information content (AvgIpc) is 3.07. The van der Waals surface area contributed by atoms with E-state index in [1.54, 1.807) is 0 Å². The van der Waals surface area contributed by atoms with Gasteiger partial charge in [0.1, 0.15) is 5.82 Å². The molecule has 1 unspecified atom stereocenters. The number of rotatable bonds is 6. The Morgan fingerprint density at radius 3 is 2.20 bits per heavy atom. The zero-order valence-corrected chi connectivity index (χ0v) is 18.1. The summed E-state index contributed by atoms with van der Waals surface area (Å²) in [5.41, 5.74) is 0.468. The van der Waals surface area contributed by atoms with Crippen LogP contribution in [0, 0.1) is 17.7 Å². The molecule has 5 nitrogen and oxygen atoms in total. The molecule has 3 heterocycles. The lowest BCUT2D eigenvalue weighted by atomic mass is 9.91. The first-order chi connectivity index (χ1) is 14.5. The van der Waals surface area contributed by atoms with Crippen LogP contribution >= 0.6 is 0 Å². The van der Waals surface area contributed by atoms with Crippen LogP contribution in [0.3, 0.4) is 0 Å². The normalized spacial score (nSPS) is 25.4. The lowest BCUT2D eigenvalue weighted by Crippen LogP contribution is -2.46. The molecule has 0 bridgehead atoms. The Morgan fingerprint density at radius 2 is 1.57 bits per heavy atom. The van der Waals surface area contributed by atoms with Gasteiger partial charge in [0.25, 0.3) is 5.91 Å². The molecule has 0 N–H and O–H groups in total. The smallest absolute Gasteiger partial charge is 0.251 e. The predicted molar refractivity (Wildman–Crippen MR) is 116 cm³/mol. The second kappa shape index (κ2) is 9.56. The van der Waals surface area contributed by atoms with Crippen molar-refractivity contribution in [1.29, 1.82) is 0 Å². The summed E-state index contributed by atoms with van der Waals surface area (Å²) in [5, 5.41) is 0. The highest BCUT2D eigenvalue weighted by atomic mass is 19.1. The van der Waals surface area contributed by atoms with Crippen LogP contribution in [0.25, 0.3) is 0 Å². The van der Waals surface area contributed by atoms with Gasteiger partial charge in [0.15, 0.2) is 0 Å². The maximum Gasteiger partial charge on any atom is 0.251 e. The molecule has 3 saturated heterocycles. The van der Waals surface area contributed by atoms with Crippen LogP contribution in [0.15, 0.2) is 24.3 Å². The topological polar surface area (TPSA) is 43.9 Å². The highest BCUT2D eigenvalue weighted by Gasteiger charge is 2.43. The van der Waals surface area contributed by atoms with Gasteiger partial charge in [-0.2, -0.15) is 0 Å². The van der Waals surface area contributed by atoms with Crippen molar-refractivity contribution < 1.29 is 14.0 Å². The molecule has 1 aromatic carbocycles. The van der Waals surface area contributed by atoms with Gasteiger partial charge >= 0.3 is 0 Å². The highest BCUT2D eigenvalue weighted by molar-refractivity contribution is 6.22. The minimum Gasteiger partial charge on any atom is -0.303 e. The lowest BCUT2D eigenvalue weighted by Gasteiger charge is -2.36. The third-order valence-electron chi connectivity index (χ3n) is 7.44. The van der Waals surface area contributed by atoms with E-state index in [9.17, 15) is 14.0 Å². The van der Waals surface area contributed by atoms with Crippen molar-refractivity contribution in [2.45, 2.75) is 57.9 Å². The van der Waals surface area contributed by atoms with Crippen LogP contribution in [-0.4, -0.2) is 60.4 Å². The summed E-state index contributed by atoms with van der Waals surface area (Å²) in [6, 6.07) is 5.22. The standard InChI is InChI=1S/C24H34FN3O2/c1-2-18-7-12-26(13-8-18)14-9-19-10-15-27(16-11-19)22-17-23(29)28(24(22)30)21-5-3-20(25)4-6-21/h3-6,18-19,22H,2,7-17H2,1H3. The molecular formula is C24H34FN3O2. The van der Waals surface area contributed by atoms with Gasteiger partial charge in [0.2, 0.25) is 5.91 Å². The van der Waals surface area contributed by atoms with E-state index in [0.717, 1.165) is 31.8 Å². The van der Waals surface area contributed by atoms with E-state index < -0.39 is 0 Å². The van der Waals surface area contributed by atoms with Crippen LogP contribution in [0.5, 0.6) is 0 Å². The van der Waals surface area contributed by atoms with Crippen molar-refractivity contribution >= 4 is 17.5 Å². The van der Waals surface area contributed by atoms with Crippen molar-refractivity contribution in [3.05, 3.63) is 30.1 Å². The summed E-state index contributed by atoms with van der Waals surface area (Å²) in [4.78, 5) is 31.5. The Morgan fingerprint density at radius 1 is 0.933 bits per heavy atom. The van der Waals surface area contributed by atoms with Gasteiger partial charge in [0, 0.05) is 0 Å². The van der Waals surface area contributed by atoms with Gasteiger partial charge in [-0.05, 0) is 101 Å². The van der Waals surface area contributed by atoms with E-state index in [0.29, 0.717) is 11.6 Å². The van der Waals surface area contributed by atoms with E-state index in [4.69, 9.17) is 0 Å². The molecule has 2 amide bonds. The van der Waals surface area contributed by atoms with E-state index in [2.05, 4.69) is 16.7 Å². The first-order valence-electron chi connectivity index (χ1n) is 11.6. The van der Waals surface area contributed by atoms with Gasteiger partial charge in [-0.1, -0.05) is 13.3 Å². The second-order valence-electron chi connectivity index (χ2n) is 9.23. The van der Waals surface area contributed by atoms with Gasteiger partial charge in [-0.15, -0.1) is 0 Å². The first kappa shape index (κ1) is 21.4. The number of halogens is 1. The minimum absolute atomic E-state index is 0.163. The Bertz CT molecular complexity index is 737. The maximum absolute atomic E-state index is 13.2. The second-order valence-corrected chi connectivity index (χ2v) is 9.23.